The van der Waals surface area contributed by atoms with Crippen LogP contribution in [0.4, 0.5) is 8.78 Å². The highest BCUT2D eigenvalue weighted by molar-refractivity contribution is 5.99. The second-order valence-corrected chi connectivity index (χ2v) is 7.81. The van der Waals surface area contributed by atoms with Gasteiger partial charge in [0.25, 0.3) is 11.8 Å². The molecule has 2 aromatic rings. The van der Waals surface area contributed by atoms with Crippen molar-refractivity contribution in [2.75, 3.05) is 31.7 Å². The molecule has 0 saturated carbocycles. The molecule has 2 aliphatic heterocycles. The molecule has 1 aromatic carbocycles. The highest BCUT2D eigenvalue weighted by atomic mass is 19.1. The largest absolute Gasteiger partial charge is 0.502 e. The SMILES string of the molecule is CCN1C(=O)c2c(O)c(=O)c(C(=O)NCc3ccc(F)cc3F)cn2N(C)C12CCNC2. The van der Waals surface area contributed by atoms with Gasteiger partial charge in [-0.1, -0.05) is 6.07 Å². The number of rotatable bonds is 4. The van der Waals surface area contributed by atoms with E-state index in [2.05, 4.69) is 10.6 Å². The lowest BCUT2D eigenvalue weighted by atomic mass is 10.0. The number of amides is 2. The number of halogens is 2. The topological polar surface area (TPSA) is 107 Å². The number of likely N-dealkylation sites (N-methyl/N-ethyl adjacent to an activating group) is 2. The maximum absolute atomic E-state index is 13.9. The lowest BCUT2D eigenvalue weighted by molar-refractivity contribution is 0.0363. The summed E-state index contributed by atoms with van der Waals surface area (Å²) in [7, 11) is 1.71. The van der Waals surface area contributed by atoms with Crippen molar-refractivity contribution < 1.29 is 23.5 Å². The Bertz CT molecular complexity index is 1160. The molecule has 4 rings (SSSR count). The minimum atomic E-state index is -1.01. The zero-order valence-electron chi connectivity index (χ0n) is 17.6. The fraction of sp³-hybridized carbons (Fsp3) is 0.381. The molecule has 2 aliphatic rings. The van der Waals surface area contributed by atoms with Gasteiger partial charge in [0.05, 0.1) is 0 Å². The van der Waals surface area contributed by atoms with Crippen molar-refractivity contribution in [3.05, 3.63) is 63.1 Å². The summed E-state index contributed by atoms with van der Waals surface area (Å²) in [6.45, 7) is 3.03. The number of aromatic hydroxyl groups is 1. The highest BCUT2D eigenvalue weighted by Crippen LogP contribution is 2.34. The van der Waals surface area contributed by atoms with Crippen molar-refractivity contribution in [2.45, 2.75) is 25.6 Å². The van der Waals surface area contributed by atoms with Gasteiger partial charge in [-0.15, -0.1) is 0 Å². The first kappa shape index (κ1) is 21.8. The van der Waals surface area contributed by atoms with Crippen LogP contribution in [-0.2, 0) is 6.54 Å². The number of aromatic nitrogens is 1. The second kappa shape index (κ2) is 7.90. The van der Waals surface area contributed by atoms with E-state index in [1.165, 1.54) is 16.9 Å². The lowest BCUT2D eigenvalue weighted by Crippen LogP contribution is -2.70. The fourth-order valence-corrected chi connectivity index (χ4v) is 4.42. The molecule has 0 aliphatic carbocycles. The van der Waals surface area contributed by atoms with Gasteiger partial charge in [-0.2, -0.15) is 0 Å². The summed E-state index contributed by atoms with van der Waals surface area (Å²) >= 11 is 0. The van der Waals surface area contributed by atoms with Crippen LogP contribution in [0.2, 0.25) is 0 Å². The van der Waals surface area contributed by atoms with Crippen molar-refractivity contribution in [1.29, 1.82) is 0 Å². The standard InChI is InChI=1S/C21H23F2N5O4/c1-3-27-20(32)16-18(30)17(29)14(10-28(16)26(2)21(27)6-7-24-11-21)19(31)25-9-12-4-5-13(22)8-15(12)23/h4-5,8,10,24,30H,3,6-7,9,11H2,1-2H3,(H,25,31). The van der Waals surface area contributed by atoms with Gasteiger partial charge in [0.2, 0.25) is 5.43 Å². The Morgan fingerprint density at radius 2 is 2.06 bits per heavy atom. The predicted molar refractivity (Wildman–Crippen MR) is 111 cm³/mol. The van der Waals surface area contributed by atoms with Gasteiger partial charge in [-0.25, -0.2) is 8.78 Å². The summed E-state index contributed by atoms with van der Waals surface area (Å²) in [4.78, 5) is 40.2. The summed E-state index contributed by atoms with van der Waals surface area (Å²) < 4.78 is 28.3. The van der Waals surface area contributed by atoms with Crippen LogP contribution in [0.25, 0.3) is 0 Å². The lowest BCUT2D eigenvalue weighted by Gasteiger charge is -2.52. The Morgan fingerprint density at radius 1 is 1.31 bits per heavy atom. The molecule has 1 aromatic heterocycles. The molecule has 3 N–H and O–H groups in total. The Kier molecular flexibility index (Phi) is 5.37. The Labute approximate surface area is 182 Å². The minimum absolute atomic E-state index is 0.0314. The van der Waals surface area contributed by atoms with Crippen LogP contribution in [0, 0.1) is 11.6 Å². The van der Waals surface area contributed by atoms with E-state index in [1.54, 1.807) is 17.0 Å². The van der Waals surface area contributed by atoms with Crippen LogP contribution in [0.5, 0.6) is 5.75 Å². The number of hydrogen-bond donors (Lipinski definition) is 3. The number of pyridine rings is 1. The molecule has 1 saturated heterocycles. The normalized spacial score (nSPS) is 20.1. The molecule has 1 fully saturated rings. The highest BCUT2D eigenvalue weighted by Gasteiger charge is 2.51. The van der Waals surface area contributed by atoms with Crippen LogP contribution >= 0.6 is 0 Å². The maximum Gasteiger partial charge on any atom is 0.278 e. The molecular weight excluding hydrogens is 424 g/mol. The number of fused-ring (bicyclic) bond motifs is 1. The Morgan fingerprint density at radius 3 is 2.69 bits per heavy atom. The van der Waals surface area contributed by atoms with Gasteiger partial charge in [0.1, 0.15) is 22.9 Å². The van der Waals surface area contributed by atoms with E-state index in [1.807, 2.05) is 6.92 Å². The quantitative estimate of drug-likeness (QED) is 0.630. The van der Waals surface area contributed by atoms with Gasteiger partial charge in [0, 0.05) is 50.9 Å². The van der Waals surface area contributed by atoms with Gasteiger partial charge in [-0.05, 0) is 19.5 Å². The van der Waals surface area contributed by atoms with Crippen LogP contribution in [-0.4, -0.2) is 58.8 Å². The van der Waals surface area contributed by atoms with Crippen molar-refractivity contribution >= 4 is 11.8 Å². The molecule has 11 heteroatoms. The molecule has 1 unspecified atom stereocenters. The third-order valence-electron chi connectivity index (χ3n) is 6.17. The van der Waals surface area contributed by atoms with Crippen LogP contribution < -0.4 is 21.1 Å². The molecule has 9 nitrogen and oxygen atoms in total. The predicted octanol–water partition coefficient (Wildman–Crippen LogP) is 0.495. The zero-order chi connectivity index (χ0) is 23.2. The zero-order valence-corrected chi connectivity index (χ0v) is 17.6. The number of nitrogens with zero attached hydrogens (tertiary/aromatic N) is 3. The molecule has 0 radical (unpaired) electrons. The summed E-state index contributed by atoms with van der Waals surface area (Å²) in [5, 5.41) is 17.9. The summed E-state index contributed by atoms with van der Waals surface area (Å²) in [6.07, 6.45) is 1.82. The second-order valence-electron chi connectivity index (χ2n) is 7.81. The molecule has 32 heavy (non-hydrogen) atoms. The minimum Gasteiger partial charge on any atom is -0.502 e. The molecule has 2 amide bonds. The first-order valence-electron chi connectivity index (χ1n) is 10.2. The van der Waals surface area contributed by atoms with Crippen LogP contribution in [0.3, 0.4) is 0 Å². The molecular formula is C21H23F2N5O4. The smallest absolute Gasteiger partial charge is 0.278 e. The monoisotopic (exact) mass is 447 g/mol. The first-order chi connectivity index (χ1) is 15.2. The average Bonchev–Trinajstić information content (AvgIpc) is 3.24. The number of carbonyl (C=O) groups is 2. The first-order valence-corrected chi connectivity index (χ1v) is 10.2. The van der Waals surface area contributed by atoms with Crippen molar-refractivity contribution in [3.63, 3.8) is 0 Å². The average molecular weight is 447 g/mol. The van der Waals surface area contributed by atoms with E-state index in [-0.39, 0.29) is 17.8 Å². The number of carbonyl (C=O) groups excluding carboxylic acids is 2. The van der Waals surface area contributed by atoms with Gasteiger partial charge in [0.15, 0.2) is 11.4 Å². The van der Waals surface area contributed by atoms with Crippen molar-refractivity contribution in [3.8, 4) is 5.75 Å². The van der Waals surface area contributed by atoms with E-state index < -0.39 is 45.9 Å². The van der Waals surface area contributed by atoms with E-state index >= 15 is 0 Å². The van der Waals surface area contributed by atoms with Crippen molar-refractivity contribution in [2.24, 2.45) is 0 Å². The summed E-state index contributed by atoms with van der Waals surface area (Å²) in [6, 6.07) is 2.93. The fourth-order valence-electron chi connectivity index (χ4n) is 4.42. The molecule has 0 bridgehead atoms. The molecule has 1 spiro atoms. The Balaban J connectivity index is 1.71. The summed E-state index contributed by atoms with van der Waals surface area (Å²) in [5.41, 5.74) is -2.32. The van der Waals surface area contributed by atoms with Crippen molar-refractivity contribution in [1.82, 2.24) is 20.2 Å². The third-order valence-corrected chi connectivity index (χ3v) is 6.17. The van der Waals surface area contributed by atoms with E-state index in [0.717, 1.165) is 6.07 Å². The van der Waals surface area contributed by atoms with E-state index in [0.29, 0.717) is 32.1 Å². The number of nitrogens with one attached hydrogen (secondary N) is 2. The number of hydrogen-bond acceptors (Lipinski definition) is 6. The summed E-state index contributed by atoms with van der Waals surface area (Å²) in [5.74, 6) is -3.79. The van der Waals surface area contributed by atoms with Gasteiger partial charge in [-0.3, -0.25) is 24.1 Å². The number of benzene rings is 1. The van der Waals surface area contributed by atoms with E-state index in [4.69, 9.17) is 0 Å². The molecule has 3 heterocycles. The van der Waals surface area contributed by atoms with Gasteiger partial charge < -0.3 is 20.6 Å². The van der Waals surface area contributed by atoms with Gasteiger partial charge >= 0.3 is 0 Å². The van der Waals surface area contributed by atoms with E-state index in [9.17, 15) is 28.3 Å². The van der Waals surface area contributed by atoms with Crippen LogP contribution in [0.1, 0.15) is 39.8 Å². The van der Waals surface area contributed by atoms with Crippen LogP contribution in [0.15, 0.2) is 29.2 Å². The maximum atomic E-state index is 13.9. The third kappa shape index (κ3) is 3.20. The molecule has 170 valence electrons. The molecule has 1 atom stereocenters. The Hall–Kier alpha value is -3.47.